The van der Waals surface area contributed by atoms with Gasteiger partial charge in [0.05, 0.1) is 22.0 Å². The van der Waals surface area contributed by atoms with Crippen LogP contribution in [-0.2, 0) is 12.1 Å². The Labute approximate surface area is 159 Å². The molecule has 0 radical (unpaired) electrons. The molecular formula is C15H17Cl2N5O4. The molecule has 1 aromatic heterocycles. The third-order valence-corrected chi connectivity index (χ3v) is 4.54. The molecule has 1 fully saturated rings. The standard InChI is InChI=1S/C15H16ClN5O4.ClH/c16-9-4-3-5-10(21(23)24)12(9)13(22)18-8-11-19-14(20-25-11)15(17)6-1-2-7-15;/h3-5H,1-2,6-8,17H2,(H,18,22);1H. The maximum Gasteiger partial charge on any atom is 0.283 e. The molecule has 1 aromatic carbocycles. The molecule has 2 aromatic rings. The molecule has 0 unspecified atom stereocenters. The first-order valence-corrected chi connectivity index (χ1v) is 8.11. The number of amides is 1. The van der Waals surface area contributed by atoms with E-state index in [1.807, 2.05) is 0 Å². The number of carbonyl (C=O) groups excluding carboxylic acids is 1. The van der Waals surface area contributed by atoms with Crippen LogP contribution in [0.3, 0.4) is 0 Å². The average Bonchev–Trinajstić information content (AvgIpc) is 3.22. The first-order valence-electron chi connectivity index (χ1n) is 7.74. The zero-order chi connectivity index (χ0) is 18.0. The van der Waals surface area contributed by atoms with E-state index >= 15 is 0 Å². The Balaban J connectivity index is 0.00000243. The van der Waals surface area contributed by atoms with Gasteiger partial charge in [0.15, 0.2) is 5.82 Å². The summed E-state index contributed by atoms with van der Waals surface area (Å²) in [5, 5.41) is 17.4. The van der Waals surface area contributed by atoms with Crippen LogP contribution in [0.5, 0.6) is 0 Å². The second kappa shape index (κ2) is 7.98. The lowest BCUT2D eigenvalue weighted by Gasteiger charge is -2.17. The molecule has 140 valence electrons. The van der Waals surface area contributed by atoms with Gasteiger partial charge in [-0.15, -0.1) is 12.4 Å². The van der Waals surface area contributed by atoms with Crippen molar-refractivity contribution in [3.05, 3.63) is 50.6 Å². The molecule has 1 heterocycles. The van der Waals surface area contributed by atoms with Crippen molar-refractivity contribution in [3.8, 4) is 0 Å². The summed E-state index contributed by atoms with van der Waals surface area (Å²) in [5.41, 5.74) is 5.08. The highest BCUT2D eigenvalue weighted by molar-refractivity contribution is 6.34. The Morgan fingerprint density at radius 1 is 1.42 bits per heavy atom. The number of aromatic nitrogens is 2. The van der Waals surface area contributed by atoms with Crippen LogP contribution in [0.15, 0.2) is 22.7 Å². The summed E-state index contributed by atoms with van der Waals surface area (Å²) in [6.45, 7) is -0.0791. The number of rotatable bonds is 5. The number of hydrogen-bond donors (Lipinski definition) is 2. The van der Waals surface area contributed by atoms with Gasteiger partial charge in [0.2, 0.25) is 5.89 Å². The van der Waals surface area contributed by atoms with Gasteiger partial charge in [-0.05, 0) is 18.9 Å². The van der Waals surface area contributed by atoms with Crippen molar-refractivity contribution in [2.24, 2.45) is 5.73 Å². The minimum Gasteiger partial charge on any atom is -0.343 e. The zero-order valence-corrected chi connectivity index (χ0v) is 15.2. The van der Waals surface area contributed by atoms with E-state index in [0.29, 0.717) is 5.82 Å². The molecule has 9 nitrogen and oxygen atoms in total. The van der Waals surface area contributed by atoms with Crippen molar-refractivity contribution < 1.29 is 14.2 Å². The maximum absolute atomic E-state index is 12.3. The predicted octanol–water partition coefficient (Wildman–Crippen LogP) is 2.71. The van der Waals surface area contributed by atoms with Crippen molar-refractivity contribution in [2.45, 2.75) is 37.8 Å². The SMILES string of the molecule is Cl.NC1(c2noc(CNC(=O)c3c(Cl)cccc3[N+](=O)[O-])n2)CCCC1. The summed E-state index contributed by atoms with van der Waals surface area (Å²) >= 11 is 5.93. The van der Waals surface area contributed by atoms with Crippen molar-refractivity contribution in [1.29, 1.82) is 0 Å². The van der Waals surface area contributed by atoms with Crippen molar-refractivity contribution in [3.63, 3.8) is 0 Å². The van der Waals surface area contributed by atoms with Crippen LogP contribution in [0, 0.1) is 10.1 Å². The smallest absolute Gasteiger partial charge is 0.283 e. The fourth-order valence-electron chi connectivity index (χ4n) is 2.89. The Bertz CT molecular complexity index is 820. The molecule has 26 heavy (non-hydrogen) atoms. The van der Waals surface area contributed by atoms with Crippen LogP contribution in [0.4, 0.5) is 5.69 Å². The quantitative estimate of drug-likeness (QED) is 0.579. The summed E-state index contributed by atoms with van der Waals surface area (Å²) in [6, 6.07) is 4.03. The van der Waals surface area contributed by atoms with Gasteiger partial charge in [-0.25, -0.2) is 0 Å². The van der Waals surface area contributed by atoms with Crippen LogP contribution in [0.1, 0.15) is 47.8 Å². The monoisotopic (exact) mass is 401 g/mol. The fraction of sp³-hybridized carbons (Fsp3) is 0.400. The molecule has 3 rings (SSSR count). The Morgan fingerprint density at radius 3 is 2.77 bits per heavy atom. The number of nitrogens with zero attached hydrogens (tertiary/aromatic N) is 3. The van der Waals surface area contributed by atoms with Gasteiger partial charge in [0.25, 0.3) is 11.6 Å². The lowest BCUT2D eigenvalue weighted by Crippen LogP contribution is -2.34. The van der Waals surface area contributed by atoms with Gasteiger partial charge in [0.1, 0.15) is 5.56 Å². The Hall–Kier alpha value is -2.23. The third kappa shape index (κ3) is 3.95. The summed E-state index contributed by atoms with van der Waals surface area (Å²) in [4.78, 5) is 26.9. The second-order valence-corrected chi connectivity index (χ2v) is 6.36. The van der Waals surface area contributed by atoms with Gasteiger partial charge in [0, 0.05) is 6.07 Å². The first-order chi connectivity index (χ1) is 11.9. The van der Waals surface area contributed by atoms with E-state index in [1.165, 1.54) is 18.2 Å². The summed E-state index contributed by atoms with van der Waals surface area (Å²) < 4.78 is 5.11. The molecule has 1 aliphatic rings. The lowest BCUT2D eigenvalue weighted by atomic mass is 9.99. The molecule has 0 bridgehead atoms. The minimum absolute atomic E-state index is 0. The fourth-order valence-corrected chi connectivity index (χ4v) is 3.15. The van der Waals surface area contributed by atoms with E-state index in [9.17, 15) is 14.9 Å². The summed E-state index contributed by atoms with van der Waals surface area (Å²) in [6.07, 6.45) is 3.58. The lowest BCUT2D eigenvalue weighted by molar-refractivity contribution is -0.385. The molecule has 1 aliphatic carbocycles. The van der Waals surface area contributed by atoms with E-state index in [0.717, 1.165) is 25.7 Å². The van der Waals surface area contributed by atoms with Gasteiger partial charge in [-0.2, -0.15) is 4.98 Å². The molecule has 0 spiro atoms. The molecule has 0 saturated heterocycles. The van der Waals surface area contributed by atoms with Gasteiger partial charge in [-0.1, -0.05) is 35.7 Å². The van der Waals surface area contributed by atoms with E-state index in [2.05, 4.69) is 15.5 Å². The van der Waals surface area contributed by atoms with Crippen LogP contribution >= 0.6 is 24.0 Å². The predicted molar refractivity (Wildman–Crippen MR) is 95.2 cm³/mol. The third-order valence-electron chi connectivity index (χ3n) is 4.22. The molecule has 11 heteroatoms. The Kier molecular flexibility index (Phi) is 6.17. The second-order valence-electron chi connectivity index (χ2n) is 5.95. The Morgan fingerprint density at radius 2 is 2.12 bits per heavy atom. The van der Waals surface area contributed by atoms with Crippen molar-refractivity contribution >= 4 is 35.6 Å². The highest BCUT2D eigenvalue weighted by Crippen LogP contribution is 2.34. The van der Waals surface area contributed by atoms with Gasteiger partial charge >= 0.3 is 0 Å². The molecule has 0 aliphatic heterocycles. The number of nitro benzene ring substituents is 1. The zero-order valence-electron chi connectivity index (χ0n) is 13.6. The average molecular weight is 402 g/mol. The summed E-state index contributed by atoms with van der Waals surface area (Å²) in [7, 11) is 0. The molecular weight excluding hydrogens is 385 g/mol. The number of nitrogens with one attached hydrogen (secondary N) is 1. The molecule has 1 saturated carbocycles. The number of carbonyl (C=O) groups is 1. The largest absolute Gasteiger partial charge is 0.343 e. The van der Waals surface area contributed by atoms with E-state index in [1.54, 1.807) is 0 Å². The molecule has 3 N–H and O–H groups in total. The van der Waals surface area contributed by atoms with Gasteiger partial charge < -0.3 is 15.6 Å². The number of hydrogen-bond acceptors (Lipinski definition) is 7. The van der Waals surface area contributed by atoms with E-state index in [-0.39, 0.29) is 41.1 Å². The summed E-state index contributed by atoms with van der Waals surface area (Å²) in [5.74, 6) is -0.104. The van der Waals surface area contributed by atoms with E-state index < -0.39 is 16.4 Å². The van der Waals surface area contributed by atoms with E-state index in [4.69, 9.17) is 21.9 Å². The topological polar surface area (TPSA) is 137 Å². The minimum atomic E-state index is -0.694. The number of benzene rings is 1. The van der Waals surface area contributed by atoms with Crippen molar-refractivity contribution in [1.82, 2.24) is 15.5 Å². The molecule has 1 amide bonds. The molecule has 0 atom stereocenters. The number of nitrogens with two attached hydrogens (primary N) is 1. The normalized spacial score (nSPS) is 15.3. The highest BCUT2D eigenvalue weighted by Gasteiger charge is 2.36. The van der Waals surface area contributed by atoms with Crippen LogP contribution in [0.25, 0.3) is 0 Å². The number of nitro groups is 1. The number of halogens is 2. The van der Waals surface area contributed by atoms with Crippen LogP contribution in [0.2, 0.25) is 5.02 Å². The highest BCUT2D eigenvalue weighted by atomic mass is 35.5. The van der Waals surface area contributed by atoms with Crippen LogP contribution in [-0.4, -0.2) is 21.0 Å². The van der Waals surface area contributed by atoms with Crippen molar-refractivity contribution in [2.75, 3.05) is 0 Å². The maximum atomic E-state index is 12.3. The first kappa shape index (κ1) is 20.1. The van der Waals surface area contributed by atoms with Gasteiger partial charge in [-0.3, -0.25) is 14.9 Å². The van der Waals surface area contributed by atoms with Crippen LogP contribution < -0.4 is 11.1 Å².